The second kappa shape index (κ2) is 8.60. The van der Waals surface area contributed by atoms with Crippen molar-refractivity contribution in [2.45, 2.75) is 4.90 Å². The maximum atomic E-state index is 12.2. The molecule has 0 aliphatic heterocycles. The summed E-state index contributed by atoms with van der Waals surface area (Å²) in [5.41, 5.74) is 1.73. The molecule has 1 amide bonds. The summed E-state index contributed by atoms with van der Waals surface area (Å²) in [6.45, 7) is 0. The number of rotatable bonds is 6. The first-order chi connectivity index (χ1) is 13.5. The number of amides is 1. The minimum absolute atomic E-state index is 0.169. The van der Waals surface area contributed by atoms with Crippen molar-refractivity contribution in [1.82, 2.24) is 9.88 Å². The molecule has 154 valence electrons. The molecular formula is C18H18Cl2N3O4PS. The third kappa shape index (κ3) is 5.69. The number of hydrogen-bond donors (Lipinski definition) is 3. The van der Waals surface area contributed by atoms with Gasteiger partial charge in [0.1, 0.15) is 12.0 Å². The molecule has 0 saturated heterocycles. The molecule has 1 aromatic heterocycles. The van der Waals surface area contributed by atoms with Gasteiger partial charge in [-0.1, -0.05) is 23.2 Å². The van der Waals surface area contributed by atoms with Crippen molar-refractivity contribution in [3.8, 4) is 0 Å². The maximum absolute atomic E-state index is 12.2. The maximum Gasteiger partial charge on any atom is 0.345 e. The molecule has 29 heavy (non-hydrogen) atoms. The third-order valence-electron chi connectivity index (χ3n) is 3.89. The van der Waals surface area contributed by atoms with Gasteiger partial charge in [-0.2, -0.15) is 0 Å². The molecule has 1 heterocycles. The number of carbonyl (C=O) groups is 1. The summed E-state index contributed by atoms with van der Waals surface area (Å²) in [5, 5.41) is 1.58. The normalized spacial score (nSPS) is 11.7. The van der Waals surface area contributed by atoms with Gasteiger partial charge in [-0.25, -0.2) is 0 Å². The summed E-state index contributed by atoms with van der Waals surface area (Å²) in [4.78, 5) is 36.4. The van der Waals surface area contributed by atoms with E-state index < -0.39 is 13.9 Å². The summed E-state index contributed by atoms with van der Waals surface area (Å²) in [5.74, 6) is -0.169. The SMILES string of the molecule is CN(C)C(=O)c1cc2cc(N(CP(=O)(O)O)Sc3cc(Cl)cc(Cl)c3)ccc2[nH]1. The zero-order chi connectivity index (χ0) is 21.3. The van der Waals surface area contributed by atoms with E-state index in [2.05, 4.69) is 4.98 Å². The third-order valence-corrected chi connectivity index (χ3v) is 6.18. The van der Waals surface area contributed by atoms with Gasteiger partial charge in [0, 0.05) is 45.6 Å². The molecule has 0 aliphatic rings. The van der Waals surface area contributed by atoms with Crippen LogP contribution in [0.15, 0.2) is 47.4 Å². The lowest BCUT2D eigenvalue weighted by atomic mass is 10.2. The van der Waals surface area contributed by atoms with E-state index in [4.69, 9.17) is 23.2 Å². The highest BCUT2D eigenvalue weighted by Crippen LogP contribution is 2.42. The Bertz CT molecular complexity index is 1100. The van der Waals surface area contributed by atoms with Crippen molar-refractivity contribution in [2.75, 3.05) is 24.7 Å². The number of hydrogen-bond acceptors (Lipinski definition) is 4. The van der Waals surface area contributed by atoms with Gasteiger partial charge in [-0.3, -0.25) is 13.7 Å². The number of nitrogens with one attached hydrogen (secondary N) is 1. The van der Waals surface area contributed by atoms with Crippen molar-refractivity contribution in [3.05, 3.63) is 58.2 Å². The first kappa shape index (κ1) is 22.0. The van der Waals surface area contributed by atoms with Gasteiger partial charge in [-0.15, -0.1) is 0 Å². The van der Waals surface area contributed by atoms with E-state index in [1.54, 1.807) is 56.6 Å². The Hall–Kier alpha value is -1.67. The molecule has 7 nitrogen and oxygen atoms in total. The van der Waals surface area contributed by atoms with Gasteiger partial charge in [0.05, 0.1) is 0 Å². The second-order valence-corrected chi connectivity index (χ2v) is 10.1. The lowest BCUT2D eigenvalue weighted by Gasteiger charge is -2.24. The number of halogens is 2. The van der Waals surface area contributed by atoms with E-state index in [1.165, 1.54) is 9.21 Å². The van der Waals surface area contributed by atoms with Crippen LogP contribution in [0.1, 0.15) is 10.5 Å². The number of aromatic amines is 1. The van der Waals surface area contributed by atoms with Crippen LogP contribution in [-0.2, 0) is 4.57 Å². The topological polar surface area (TPSA) is 96.9 Å². The Kier molecular flexibility index (Phi) is 6.53. The molecule has 0 bridgehead atoms. The molecule has 3 aromatic rings. The van der Waals surface area contributed by atoms with Crippen molar-refractivity contribution in [1.29, 1.82) is 0 Å². The first-order valence-electron chi connectivity index (χ1n) is 8.32. The van der Waals surface area contributed by atoms with Gasteiger partial charge in [0.15, 0.2) is 0 Å². The summed E-state index contributed by atoms with van der Waals surface area (Å²) in [6.07, 6.45) is -0.513. The lowest BCUT2D eigenvalue weighted by Crippen LogP contribution is -2.21. The van der Waals surface area contributed by atoms with Crippen LogP contribution >= 0.6 is 42.7 Å². The van der Waals surface area contributed by atoms with E-state index >= 15 is 0 Å². The van der Waals surface area contributed by atoms with Crippen LogP contribution in [0.5, 0.6) is 0 Å². The van der Waals surface area contributed by atoms with Crippen LogP contribution in [0.4, 0.5) is 5.69 Å². The van der Waals surface area contributed by atoms with E-state index in [0.29, 0.717) is 26.3 Å². The number of benzene rings is 2. The number of carbonyl (C=O) groups excluding carboxylic acids is 1. The molecule has 0 atom stereocenters. The Balaban J connectivity index is 1.99. The van der Waals surface area contributed by atoms with Gasteiger partial charge in [-0.05, 0) is 54.4 Å². The minimum Gasteiger partial charge on any atom is -0.351 e. The Labute approximate surface area is 181 Å². The van der Waals surface area contributed by atoms with Gasteiger partial charge in [0.2, 0.25) is 0 Å². The summed E-state index contributed by atoms with van der Waals surface area (Å²) < 4.78 is 13.2. The van der Waals surface area contributed by atoms with E-state index in [-0.39, 0.29) is 5.91 Å². The zero-order valence-electron chi connectivity index (χ0n) is 15.5. The highest BCUT2D eigenvalue weighted by atomic mass is 35.5. The molecule has 0 aliphatic carbocycles. The van der Waals surface area contributed by atoms with Crippen molar-refractivity contribution < 1.29 is 19.1 Å². The second-order valence-electron chi connectivity index (χ2n) is 6.54. The van der Waals surface area contributed by atoms with Crippen LogP contribution in [-0.4, -0.2) is 46.0 Å². The lowest BCUT2D eigenvalue weighted by molar-refractivity contribution is 0.0823. The van der Waals surface area contributed by atoms with Crippen molar-refractivity contribution >= 4 is 65.2 Å². The van der Waals surface area contributed by atoms with Gasteiger partial charge in [0.25, 0.3) is 5.91 Å². The molecule has 0 spiro atoms. The molecule has 0 radical (unpaired) electrons. The van der Waals surface area contributed by atoms with E-state index in [9.17, 15) is 19.1 Å². The number of fused-ring (bicyclic) bond motifs is 1. The number of nitrogens with zero attached hydrogens (tertiary/aromatic N) is 2. The summed E-state index contributed by atoms with van der Waals surface area (Å²) in [6, 6.07) is 11.8. The zero-order valence-corrected chi connectivity index (χ0v) is 18.7. The quantitative estimate of drug-likeness (QED) is 0.350. The Morgan fingerprint density at radius 2 is 1.76 bits per heavy atom. The van der Waals surface area contributed by atoms with Gasteiger partial charge >= 0.3 is 7.60 Å². The molecule has 3 rings (SSSR count). The standard InChI is InChI=1S/C18H18Cl2N3O4PS/c1-22(2)18(24)17-6-11-5-14(3-4-16(11)21-17)23(10-28(25,26)27)29-15-8-12(19)7-13(20)9-15/h3-9,21H,10H2,1-2H3,(H2,25,26,27). The number of anilines is 1. The monoisotopic (exact) mass is 473 g/mol. The highest BCUT2D eigenvalue weighted by molar-refractivity contribution is 8.01. The molecular weight excluding hydrogens is 456 g/mol. The van der Waals surface area contributed by atoms with Crippen LogP contribution in [0, 0.1) is 0 Å². The average Bonchev–Trinajstić information content (AvgIpc) is 3.01. The molecule has 0 saturated carbocycles. The van der Waals surface area contributed by atoms with E-state index in [1.807, 2.05) is 0 Å². The predicted molar refractivity (Wildman–Crippen MR) is 118 cm³/mol. The fourth-order valence-corrected chi connectivity index (χ4v) is 5.34. The molecule has 11 heteroatoms. The Morgan fingerprint density at radius 3 is 2.34 bits per heavy atom. The highest BCUT2D eigenvalue weighted by Gasteiger charge is 2.22. The largest absolute Gasteiger partial charge is 0.351 e. The molecule has 2 aromatic carbocycles. The van der Waals surface area contributed by atoms with E-state index in [0.717, 1.165) is 22.9 Å². The fourth-order valence-electron chi connectivity index (χ4n) is 2.67. The van der Waals surface area contributed by atoms with Crippen molar-refractivity contribution in [3.63, 3.8) is 0 Å². The van der Waals surface area contributed by atoms with Crippen LogP contribution < -0.4 is 4.31 Å². The average molecular weight is 474 g/mol. The fraction of sp³-hybridized carbons (Fsp3) is 0.167. The predicted octanol–water partition coefficient (Wildman–Crippen LogP) is 4.83. The molecule has 0 unspecified atom stereocenters. The smallest absolute Gasteiger partial charge is 0.345 e. The molecule has 3 N–H and O–H groups in total. The van der Waals surface area contributed by atoms with Crippen LogP contribution in [0.3, 0.4) is 0 Å². The number of H-pyrrole nitrogens is 1. The van der Waals surface area contributed by atoms with Crippen LogP contribution in [0.25, 0.3) is 10.9 Å². The number of aromatic nitrogens is 1. The van der Waals surface area contributed by atoms with Crippen molar-refractivity contribution in [2.24, 2.45) is 0 Å². The molecule has 0 fully saturated rings. The minimum atomic E-state index is -4.36. The van der Waals surface area contributed by atoms with Crippen LogP contribution in [0.2, 0.25) is 10.0 Å². The first-order valence-corrected chi connectivity index (χ1v) is 11.6. The Morgan fingerprint density at radius 1 is 1.10 bits per heavy atom. The summed E-state index contributed by atoms with van der Waals surface area (Å²) >= 11 is 13.2. The summed E-state index contributed by atoms with van der Waals surface area (Å²) in [7, 11) is -1.04. The van der Waals surface area contributed by atoms with Gasteiger partial charge < -0.3 is 19.7 Å².